The van der Waals surface area contributed by atoms with Crippen LogP contribution in [0.5, 0.6) is 11.5 Å². The standard InChI is InChI=1S/C22H28N4O4/c1-13-17(11-19(27)23-3)14(2)25-21(24-13)15-9-10-26(12-15)22(28)16-7-6-8-18(29-4)20(16)30-5/h6-8,15H,9-12H2,1-5H3,(H,23,27). The number of nitrogens with zero attached hydrogens (tertiary/aromatic N) is 3. The number of aromatic nitrogens is 2. The Morgan fingerprint density at radius 1 is 1.17 bits per heavy atom. The summed E-state index contributed by atoms with van der Waals surface area (Å²) in [7, 11) is 4.69. The first kappa shape index (κ1) is 21.5. The molecule has 1 fully saturated rings. The summed E-state index contributed by atoms with van der Waals surface area (Å²) in [6.07, 6.45) is 1.05. The third-order valence-electron chi connectivity index (χ3n) is 5.53. The van der Waals surface area contributed by atoms with Crippen molar-refractivity contribution < 1.29 is 19.1 Å². The van der Waals surface area contributed by atoms with Gasteiger partial charge in [-0.3, -0.25) is 9.59 Å². The lowest BCUT2D eigenvalue weighted by molar-refractivity contribution is -0.119. The van der Waals surface area contributed by atoms with E-state index < -0.39 is 0 Å². The molecule has 2 aromatic rings. The van der Waals surface area contributed by atoms with Gasteiger partial charge in [-0.25, -0.2) is 9.97 Å². The highest BCUT2D eigenvalue weighted by molar-refractivity contribution is 5.98. The number of likely N-dealkylation sites (tertiary alicyclic amines) is 1. The van der Waals surface area contributed by atoms with E-state index in [9.17, 15) is 9.59 Å². The fourth-order valence-electron chi connectivity index (χ4n) is 3.83. The number of hydrogen-bond donors (Lipinski definition) is 1. The van der Waals surface area contributed by atoms with Gasteiger partial charge in [0, 0.05) is 43.0 Å². The van der Waals surface area contributed by atoms with Gasteiger partial charge in [0.15, 0.2) is 11.5 Å². The molecule has 1 saturated heterocycles. The van der Waals surface area contributed by atoms with Crippen LogP contribution in [0.1, 0.15) is 45.5 Å². The number of likely N-dealkylation sites (N-methyl/N-ethyl adjacent to an activating group) is 1. The number of rotatable bonds is 6. The molecule has 2 amide bonds. The SMILES string of the molecule is CNC(=O)Cc1c(C)nc(C2CCN(C(=O)c3cccc(OC)c3OC)C2)nc1C. The van der Waals surface area contributed by atoms with Gasteiger partial charge in [-0.1, -0.05) is 6.07 Å². The van der Waals surface area contributed by atoms with Crippen molar-refractivity contribution in [2.75, 3.05) is 34.4 Å². The Kier molecular flexibility index (Phi) is 6.54. The number of benzene rings is 1. The molecule has 1 N–H and O–H groups in total. The molecule has 1 aromatic carbocycles. The highest BCUT2D eigenvalue weighted by Gasteiger charge is 2.32. The van der Waals surface area contributed by atoms with Crippen LogP contribution in [0.4, 0.5) is 0 Å². The predicted molar refractivity (Wildman–Crippen MR) is 112 cm³/mol. The summed E-state index contributed by atoms with van der Waals surface area (Å²) in [4.78, 5) is 36.0. The summed E-state index contributed by atoms with van der Waals surface area (Å²) in [6, 6.07) is 5.29. The summed E-state index contributed by atoms with van der Waals surface area (Å²) in [5.74, 6) is 1.58. The number of methoxy groups -OCH3 is 2. The average molecular weight is 412 g/mol. The molecule has 3 rings (SSSR count). The molecule has 0 aliphatic carbocycles. The van der Waals surface area contributed by atoms with Gasteiger partial charge in [-0.05, 0) is 32.4 Å². The van der Waals surface area contributed by atoms with Gasteiger partial charge in [-0.2, -0.15) is 0 Å². The first-order chi connectivity index (χ1) is 14.4. The van der Waals surface area contributed by atoms with E-state index >= 15 is 0 Å². The van der Waals surface area contributed by atoms with E-state index in [2.05, 4.69) is 15.3 Å². The maximum absolute atomic E-state index is 13.1. The number of hydrogen-bond acceptors (Lipinski definition) is 6. The number of aryl methyl sites for hydroxylation is 2. The van der Waals surface area contributed by atoms with Crippen molar-refractivity contribution in [1.82, 2.24) is 20.2 Å². The van der Waals surface area contributed by atoms with Crippen LogP contribution >= 0.6 is 0 Å². The third-order valence-corrected chi connectivity index (χ3v) is 5.53. The third kappa shape index (κ3) is 4.22. The molecule has 30 heavy (non-hydrogen) atoms. The average Bonchev–Trinajstić information content (AvgIpc) is 3.25. The quantitative estimate of drug-likeness (QED) is 0.780. The van der Waals surface area contributed by atoms with E-state index in [1.165, 1.54) is 7.11 Å². The first-order valence-electron chi connectivity index (χ1n) is 9.94. The van der Waals surface area contributed by atoms with E-state index in [1.54, 1.807) is 37.3 Å². The van der Waals surface area contributed by atoms with Gasteiger partial charge in [0.25, 0.3) is 5.91 Å². The van der Waals surface area contributed by atoms with Crippen molar-refractivity contribution in [3.8, 4) is 11.5 Å². The first-order valence-corrected chi connectivity index (χ1v) is 9.94. The van der Waals surface area contributed by atoms with Gasteiger partial charge >= 0.3 is 0 Å². The summed E-state index contributed by atoms with van der Waals surface area (Å²) < 4.78 is 10.7. The second-order valence-electron chi connectivity index (χ2n) is 7.36. The van der Waals surface area contributed by atoms with E-state index in [1.807, 2.05) is 13.8 Å². The maximum Gasteiger partial charge on any atom is 0.257 e. The van der Waals surface area contributed by atoms with Crippen LogP contribution < -0.4 is 14.8 Å². The molecule has 2 heterocycles. The zero-order chi connectivity index (χ0) is 21.8. The van der Waals surface area contributed by atoms with Gasteiger partial charge in [0.1, 0.15) is 5.82 Å². The molecule has 0 saturated carbocycles. The largest absolute Gasteiger partial charge is 0.493 e. The summed E-state index contributed by atoms with van der Waals surface area (Å²) in [6.45, 7) is 4.95. The van der Waals surface area contributed by atoms with E-state index in [4.69, 9.17) is 9.47 Å². The van der Waals surface area contributed by atoms with Crippen LogP contribution in [0.3, 0.4) is 0 Å². The molecular formula is C22H28N4O4. The van der Waals surface area contributed by atoms with Crippen molar-refractivity contribution in [3.63, 3.8) is 0 Å². The highest BCUT2D eigenvalue weighted by Crippen LogP contribution is 2.34. The fourth-order valence-corrected chi connectivity index (χ4v) is 3.83. The molecule has 160 valence electrons. The Labute approximate surface area is 176 Å². The second kappa shape index (κ2) is 9.11. The van der Waals surface area contributed by atoms with E-state index in [0.717, 1.165) is 29.2 Å². The zero-order valence-electron chi connectivity index (χ0n) is 18.1. The second-order valence-corrected chi connectivity index (χ2v) is 7.36. The number of nitrogens with one attached hydrogen (secondary N) is 1. The molecular weight excluding hydrogens is 384 g/mol. The predicted octanol–water partition coefficient (Wildman–Crippen LogP) is 2.03. The normalized spacial score (nSPS) is 15.8. The fraction of sp³-hybridized carbons (Fsp3) is 0.455. The van der Waals surface area contributed by atoms with Crippen LogP contribution in [0.2, 0.25) is 0 Å². The molecule has 1 unspecified atom stereocenters. The molecule has 8 nitrogen and oxygen atoms in total. The minimum atomic E-state index is -0.0991. The number of carbonyl (C=O) groups excluding carboxylic acids is 2. The van der Waals surface area contributed by atoms with Gasteiger partial charge in [-0.15, -0.1) is 0 Å². The Bertz CT molecular complexity index is 937. The molecule has 0 spiro atoms. The smallest absolute Gasteiger partial charge is 0.257 e. The van der Waals surface area contributed by atoms with Crippen LogP contribution in [0.15, 0.2) is 18.2 Å². The molecule has 0 radical (unpaired) electrons. The minimum absolute atomic E-state index is 0.0528. The molecule has 8 heteroatoms. The lowest BCUT2D eigenvalue weighted by Crippen LogP contribution is -2.29. The molecule has 1 atom stereocenters. The Balaban J connectivity index is 1.79. The minimum Gasteiger partial charge on any atom is -0.493 e. The highest BCUT2D eigenvalue weighted by atomic mass is 16.5. The van der Waals surface area contributed by atoms with Gasteiger partial charge < -0.3 is 19.7 Å². The number of carbonyl (C=O) groups is 2. The van der Waals surface area contributed by atoms with Crippen molar-refractivity contribution in [2.24, 2.45) is 0 Å². The summed E-state index contributed by atoms with van der Waals surface area (Å²) >= 11 is 0. The lowest BCUT2D eigenvalue weighted by atomic mass is 10.0. The van der Waals surface area contributed by atoms with Crippen LogP contribution in [-0.2, 0) is 11.2 Å². The maximum atomic E-state index is 13.1. The van der Waals surface area contributed by atoms with E-state index in [0.29, 0.717) is 30.2 Å². The lowest BCUT2D eigenvalue weighted by Gasteiger charge is -2.19. The Morgan fingerprint density at radius 3 is 2.47 bits per heavy atom. The number of para-hydroxylation sites is 1. The Hall–Kier alpha value is -3.16. The molecule has 1 aromatic heterocycles. The van der Waals surface area contributed by atoms with Crippen molar-refractivity contribution in [1.29, 1.82) is 0 Å². The summed E-state index contributed by atoms with van der Waals surface area (Å²) in [5, 5.41) is 2.63. The van der Waals surface area contributed by atoms with Crippen LogP contribution in [-0.4, -0.2) is 61.0 Å². The van der Waals surface area contributed by atoms with Gasteiger partial charge in [0.2, 0.25) is 5.91 Å². The van der Waals surface area contributed by atoms with E-state index in [-0.39, 0.29) is 24.2 Å². The molecule has 1 aliphatic heterocycles. The van der Waals surface area contributed by atoms with Crippen LogP contribution in [0, 0.1) is 13.8 Å². The topological polar surface area (TPSA) is 93.7 Å². The Morgan fingerprint density at radius 2 is 1.87 bits per heavy atom. The summed E-state index contributed by atoms with van der Waals surface area (Å²) in [5.41, 5.74) is 2.94. The monoisotopic (exact) mass is 412 g/mol. The zero-order valence-corrected chi connectivity index (χ0v) is 18.1. The molecule has 0 bridgehead atoms. The molecule has 1 aliphatic rings. The van der Waals surface area contributed by atoms with Crippen molar-refractivity contribution in [3.05, 3.63) is 46.5 Å². The van der Waals surface area contributed by atoms with Crippen molar-refractivity contribution in [2.45, 2.75) is 32.6 Å². The number of amides is 2. The van der Waals surface area contributed by atoms with Crippen molar-refractivity contribution >= 4 is 11.8 Å². The van der Waals surface area contributed by atoms with Gasteiger partial charge in [0.05, 0.1) is 26.2 Å². The number of ether oxygens (including phenoxy) is 2. The van der Waals surface area contributed by atoms with Crippen LogP contribution in [0.25, 0.3) is 0 Å².